The quantitative estimate of drug-likeness (QED) is 0.916. The molecule has 1 amide bonds. The van der Waals surface area contributed by atoms with Crippen LogP contribution in [0, 0.1) is 6.92 Å². The molecule has 0 aliphatic carbocycles. The highest BCUT2D eigenvalue weighted by atomic mass is 32.1. The van der Waals surface area contributed by atoms with Crippen LogP contribution in [0.4, 0.5) is 0 Å². The maximum Gasteiger partial charge on any atom is 0.217 e. The van der Waals surface area contributed by atoms with Crippen LogP contribution in [0.1, 0.15) is 46.9 Å². The molecule has 0 radical (unpaired) electrons. The molecule has 1 fully saturated rings. The van der Waals surface area contributed by atoms with Crippen molar-refractivity contribution >= 4 is 17.2 Å². The van der Waals surface area contributed by atoms with Crippen molar-refractivity contribution in [3.8, 4) is 0 Å². The first-order valence-corrected chi connectivity index (χ1v) is 8.78. The minimum Gasteiger partial charge on any atom is -0.351 e. The number of carbonyl (C=O) groups is 1. The van der Waals surface area contributed by atoms with Gasteiger partial charge in [0, 0.05) is 23.2 Å². The molecule has 1 atom stereocenters. The van der Waals surface area contributed by atoms with E-state index < -0.39 is 0 Å². The van der Waals surface area contributed by atoms with Crippen LogP contribution < -0.4 is 5.32 Å². The minimum atomic E-state index is -0.0484. The zero-order valence-corrected chi connectivity index (χ0v) is 14.4. The van der Waals surface area contributed by atoms with E-state index in [0.717, 1.165) is 30.9 Å². The first-order chi connectivity index (χ1) is 11.1. The number of thiophene rings is 1. The van der Waals surface area contributed by atoms with Gasteiger partial charge in [-0.2, -0.15) is 0 Å². The highest BCUT2D eigenvalue weighted by molar-refractivity contribution is 7.11. The van der Waals surface area contributed by atoms with Crippen LogP contribution in [0.25, 0.3) is 0 Å². The third kappa shape index (κ3) is 4.14. The molecule has 0 saturated carbocycles. The van der Waals surface area contributed by atoms with E-state index in [0.29, 0.717) is 12.6 Å². The fraction of sp³-hybridized carbons (Fsp3) is 0.471. The molecular formula is C17H22N4OS. The second-order valence-electron chi connectivity index (χ2n) is 5.99. The molecule has 1 N–H and O–H groups in total. The number of likely N-dealkylation sites (tertiary alicyclic amines) is 1. The lowest BCUT2D eigenvalue weighted by Crippen LogP contribution is -2.24. The van der Waals surface area contributed by atoms with Crippen molar-refractivity contribution in [2.45, 2.75) is 45.8 Å². The monoisotopic (exact) mass is 330 g/mol. The van der Waals surface area contributed by atoms with Crippen LogP contribution in [-0.2, 0) is 17.9 Å². The van der Waals surface area contributed by atoms with Gasteiger partial charge in [0.15, 0.2) is 0 Å². The molecule has 0 aromatic carbocycles. The van der Waals surface area contributed by atoms with Gasteiger partial charge >= 0.3 is 0 Å². The van der Waals surface area contributed by atoms with Crippen molar-refractivity contribution in [2.24, 2.45) is 0 Å². The number of nitrogens with one attached hydrogen (secondary N) is 1. The summed E-state index contributed by atoms with van der Waals surface area (Å²) in [5.74, 6) is -0.0484. The molecule has 5 nitrogen and oxygen atoms in total. The summed E-state index contributed by atoms with van der Waals surface area (Å²) in [5.41, 5.74) is 1.83. The Morgan fingerprint density at radius 2 is 2.30 bits per heavy atom. The smallest absolute Gasteiger partial charge is 0.217 e. The summed E-state index contributed by atoms with van der Waals surface area (Å²) in [5, 5.41) is 2.78. The molecule has 2 aromatic rings. The van der Waals surface area contributed by atoms with E-state index in [4.69, 9.17) is 4.98 Å². The summed E-state index contributed by atoms with van der Waals surface area (Å²) in [6, 6.07) is 4.72. The highest BCUT2D eigenvalue weighted by Crippen LogP contribution is 2.33. The van der Waals surface area contributed by atoms with Crippen molar-refractivity contribution in [2.75, 3.05) is 6.54 Å². The molecule has 2 aromatic heterocycles. The van der Waals surface area contributed by atoms with Crippen molar-refractivity contribution in [3.63, 3.8) is 0 Å². The fourth-order valence-electron chi connectivity index (χ4n) is 3.00. The summed E-state index contributed by atoms with van der Waals surface area (Å²) in [4.78, 5) is 25.3. The molecule has 1 saturated heterocycles. The molecule has 0 bridgehead atoms. The maximum absolute atomic E-state index is 11.0. The first-order valence-electron chi connectivity index (χ1n) is 7.96. The zero-order chi connectivity index (χ0) is 16.2. The lowest BCUT2D eigenvalue weighted by atomic mass is 10.1. The van der Waals surface area contributed by atoms with E-state index in [1.807, 2.05) is 17.5 Å². The maximum atomic E-state index is 11.0. The van der Waals surface area contributed by atoms with Crippen molar-refractivity contribution in [3.05, 3.63) is 45.7 Å². The molecule has 0 spiro atoms. The standard InChI is InChI=1S/C17H22N4OS/c1-12-5-6-15(23-12)11-21-7-3-4-17(21)16-10-18-8-14(20-16)9-19-13(2)22/h5-6,8,10,17H,3-4,7,9,11H2,1-2H3,(H,19,22)/t17-/m0/s1. The average molecular weight is 330 g/mol. The largest absolute Gasteiger partial charge is 0.351 e. The van der Waals surface area contributed by atoms with Gasteiger partial charge < -0.3 is 5.32 Å². The van der Waals surface area contributed by atoms with Crippen LogP contribution in [0.5, 0.6) is 0 Å². The molecule has 1 aliphatic rings. The number of rotatable bonds is 5. The summed E-state index contributed by atoms with van der Waals surface area (Å²) >= 11 is 1.86. The summed E-state index contributed by atoms with van der Waals surface area (Å²) in [7, 11) is 0. The lowest BCUT2D eigenvalue weighted by molar-refractivity contribution is -0.119. The van der Waals surface area contributed by atoms with Gasteiger partial charge in [-0.25, -0.2) is 0 Å². The second kappa shape index (κ2) is 7.19. The Bertz CT molecular complexity index is 685. The number of hydrogen-bond donors (Lipinski definition) is 1. The Morgan fingerprint density at radius 3 is 3.04 bits per heavy atom. The van der Waals surface area contributed by atoms with Crippen LogP contribution in [0.3, 0.4) is 0 Å². The van der Waals surface area contributed by atoms with Crippen molar-refractivity contribution in [1.29, 1.82) is 0 Å². The fourth-order valence-corrected chi connectivity index (χ4v) is 3.92. The predicted octanol–water partition coefficient (Wildman–Crippen LogP) is 2.82. The minimum absolute atomic E-state index is 0.0484. The van der Waals surface area contributed by atoms with E-state index in [-0.39, 0.29) is 5.91 Å². The number of aromatic nitrogens is 2. The summed E-state index contributed by atoms with van der Waals surface area (Å²) in [6.07, 6.45) is 5.89. The molecule has 6 heteroatoms. The first kappa shape index (κ1) is 16.1. The molecular weight excluding hydrogens is 308 g/mol. The van der Waals surface area contributed by atoms with E-state index >= 15 is 0 Å². The molecule has 3 rings (SSSR count). The molecule has 1 aliphatic heterocycles. The second-order valence-corrected chi connectivity index (χ2v) is 7.36. The van der Waals surface area contributed by atoms with Gasteiger partial charge in [-0.05, 0) is 38.4 Å². The zero-order valence-electron chi connectivity index (χ0n) is 13.6. The SMILES string of the molecule is CC(=O)NCc1cncc([C@@H]2CCCN2Cc2ccc(C)s2)n1. The number of amides is 1. The Kier molecular flexibility index (Phi) is 5.03. The van der Waals surface area contributed by atoms with Crippen molar-refractivity contribution in [1.82, 2.24) is 20.2 Å². The summed E-state index contributed by atoms with van der Waals surface area (Å²) < 4.78 is 0. The number of hydrogen-bond acceptors (Lipinski definition) is 5. The van der Waals surface area contributed by atoms with Gasteiger partial charge in [0.25, 0.3) is 0 Å². The van der Waals surface area contributed by atoms with E-state index in [9.17, 15) is 4.79 Å². The number of nitrogens with zero attached hydrogens (tertiary/aromatic N) is 3. The van der Waals surface area contributed by atoms with Gasteiger partial charge in [0.1, 0.15) is 0 Å². The van der Waals surface area contributed by atoms with Gasteiger partial charge in [-0.1, -0.05) is 0 Å². The summed E-state index contributed by atoms with van der Waals surface area (Å²) in [6.45, 7) is 6.17. The molecule has 122 valence electrons. The van der Waals surface area contributed by atoms with Crippen molar-refractivity contribution < 1.29 is 4.79 Å². The Balaban J connectivity index is 1.71. The lowest BCUT2D eigenvalue weighted by Gasteiger charge is -2.23. The molecule has 3 heterocycles. The predicted molar refractivity (Wildman–Crippen MR) is 91.0 cm³/mol. The number of aryl methyl sites for hydroxylation is 1. The van der Waals surface area contributed by atoms with E-state index in [1.165, 1.54) is 23.1 Å². The highest BCUT2D eigenvalue weighted by Gasteiger charge is 2.27. The molecule has 0 unspecified atom stereocenters. The normalized spacial score (nSPS) is 18.3. The topological polar surface area (TPSA) is 58.1 Å². The van der Waals surface area contributed by atoms with Gasteiger partial charge in [-0.3, -0.25) is 19.7 Å². The third-order valence-corrected chi connectivity index (χ3v) is 5.07. The van der Waals surface area contributed by atoms with Crippen LogP contribution >= 0.6 is 11.3 Å². The van der Waals surface area contributed by atoms with Gasteiger partial charge in [0.2, 0.25) is 5.91 Å². The Labute approximate surface area is 140 Å². The van der Waals surface area contributed by atoms with Crippen LogP contribution in [-0.4, -0.2) is 27.3 Å². The Morgan fingerprint density at radius 1 is 1.43 bits per heavy atom. The third-order valence-electron chi connectivity index (χ3n) is 4.08. The molecule has 23 heavy (non-hydrogen) atoms. The van der Waals surface area contributed by atoms with Gasteiger partial charge in [-0.15, -0.1) is 11.3 Å². The Hall–Kier alpha value is -1.79. The van der Waals surface area contributed by atoms with Crippen LogP contribution in [0.2, 0.25) is 0 Å². The van der Waals surface area contributed by atoms with E-state index in [2.05, 4.69) is 34.3 Å². The van der Waals surface area contributed by atoms with E-state index in [1.54, 1.807) is 6.20 Å². The number of carbonyl (C=O) groups excluding carboxylic acids is 1. The van der Waals surface area contributed by atoms with Crippen LogP contribution in [0.15, 0.2) is 24.5 Å². The average Bonchev–Trinajstić information content (AvgIpc) is 3.15. The van der Waals surface area contributed by atoms with Gasteiger partial charge in [0.05, 0.1) is 36.4 Å².